The molecule has 2 fully saturated rings. The molecule has 2 saturated heterocycles. The normalized spacial score (nSPS) is 28.7. The Hall–Kier alpha value is -1.96. The summed E-state index contributed by atoms with van der Waals surface area (Å²) in [7, 11) is 0. The van der Waals surface area contributed by atoms with Crippen LogP contribution in [0.5, 0.6) is 0 Å². The molecule has 0 aromatic carbocycles. The van der Waals surface area contributed by atoms with Crippen molar-refractivity contribution in [3.8, 4) is 0 Å². The Labute approximate surface area is 184 Å². The zero-order chi connectivity index (χ0) is 22.0. The van der Waals surface area contributed by atoms with Gasteiger partial charge >= 0.3 is 0 Å². The number of likely N-dealkylation sites (tertiary alicyclic amines) is 1. The number of amides is 1. The highest BCUT2D eigenvalue weighted by Gasteiger charge is 2.55. The van der Waals surface area contributed by atoms with Crippen molar-refractivity contribution in [2.75, 3.05) is 32.9 Å². The maximum atomic E-state index is 13.2. The molecule has 31 heavy (non-hydrogen) atoms. The molecule has 7 nitrogen and oxygen atoms in total. The van der Waals surface area contributed by atoms with Crippen LogP contribution in [0, 0.1) is 17.8 Å². The van der Waals surface area contributed by atoms with Crippen molar-refractivity contribution in [1.82, 2.24) is 14.8 Å². The molecule has 0 bridgehead atoms. The molecule has 0 saturated carbocycles. The fourth-order valence-electron chi connectivity index (χ4n) is 5.72. The second kappa shape index (κ2) is 9.67. The van der Waals surface area contributed by atoms with Crippen molar-refractivity contribution >= 4 is 12.0 Å². The molecular formula is C24H35N3O4. The minimum absolute atomic E-state index is 0.00166. The first-order valence-electron chi connectivity index (χ1n) is 11.7. The van der Waals surface area contributed by atoms with Crippen molar-refractivity contribution < 1.29 is 14.6 Å². The lowest BCUT2D eigenvalue weighted by Gasteiger charge is -2.35. The molecule has 1 amide bonds. The van der Waals surface area contributed by atoms with Crippen molar-refractivity contribution in [3.63, 3.8) is 0 Å². The summed E-state index contributed by atoms with van der Waals surface area (Å²) in [5, 5.41) is 13.4. The first kappa shape index (κ1) is 22.2. The Bertz CT molecular complexity index is 874. The number of carbonyl (C=O) groups excluding carboxylic acids is 1. The summed E-state index contributed by atoms with van der Waals surface area (Å²) in [5.41, 5.74) is 1.67. The second-order valence-corrected chi connectivity index (χ2v) is 9.07. The molecule has 7 heteroatoms. The van der Waals surface area contributed by atoms with Gasteiger partial charge in [-0.2, -0.15) is 0 Å². The Morgan fingerprint density at radius 2 is 2.10 bits per heavy atom. The lowest BCUT2D eigenvalue weighted by Crippen LogP contribution is -2.50. The van der Waals surface area contributed by atoms with E-state index in [9.17, 15) is 14.7 Å². The molecule has 2 N–H and O–H groups in total. The van der Waals surface area contributed by atoms with E-state index in [2.05, 4.69) is 10.2 Å². The standard InChI is InChI=1S/C24H35N3O4/c1-3-5-17-6-7-20-21-18(14-26(20)24(17)30)19(15-28)22(23(29)25-10-4-2)27(21)13-16-8-11-31-12-9-16/h3,5-7,16,18-19,21-22,28H,4,8-15H2,1-2H3,(H,25,29)/b5-3+/t18-,19-,21+,22-/m0/s1. The molecule has 4 rings (SSSR count). The van der Waals surface area contributed by atoms with Gasteiger partial charge in [-0.25, -0.2) is 0 Å². The fourth-order valence-corrected chi connectivity index (χ4v) is 5.72. The van der Waals surface area contributed by atoms with Gasteiger partial charge in [0.2, 0.25) is 5.91 Å². The van der Waals surface area contributed by atoms with Gasteiger partial charge < -0.3 is 19.7 Å². The van der Waals surface area contributed by atoms with Crippen LogP contribution in [0.4, 0.5) is 0 Å². The molecule has 3 aliphatic rings. The van der Waals surface area contributed by atoms with Gasteiger partial charge in [0, 0.05) is 62.5 Å². The van der Waals surface area contributed by atoms with E-state index in [0.29, 0.717) is 24.6 Å². The highest BCUT2D eigenvalue weighted by molar-refractivity contribution is 5.82. The molecule has 4 atom stereocenters. The molecular weight excluding hydrogens is 394 g/mol. The fraction of sp³-hybridized carbons (Fsp3) is 0.667. The number of aliphatic hydroxyl groups is 1. The van der Waals surface area contributed by atoms with Crippen molar-refractivity contribution in [3.05, 3.63) is 39.8 Å². The van der Waals surface area contributed by atoms with Crippen LogP contribution >= 0.6 is 0 Å². The molecule has 0 unspecified atom stereocenters. The van der Waals surface area contributed by atoms with Crippen LogP contribution < -0.4 is 10.9 Å². The van der Waals surface area contributed by atoms with Crippen molar-refractivity contribution in [1.29, 1.82) is 0 Å². The third kappa shape index (κ3) is 4.11. The first-order valence-corrected chi connectivity index (χ1v) is 11.7. The molecule has 4 heterocycles. The number of aromatic nitrogens is 1. The summed E-state index contributed by atoms with van der Waals surface area (Å²) >= 11 is 0. The molecule has 0 aliphatic carbocycles. The SMILES string of the molecule is C/C=C/c1ccc2n(c1=O)C[C@H]1[C@H](CO)[C@@H](C(=O)NCCC)N(CC3CCOCC3)[C@@H]21. The maximum absolute atomic E-state index is 13.2. The molecule has 1 aromatic heterocycles. The number of hydrogen-bond acceptors (Lipinski definition) is 5. The van der Waals surface area contributed by atoms with E-state index in [-0.39, 0.29) is 42.0 Å². The van der Waals surface area contributed by atoms with Crippen LogP contribution in [0.2, 0.25) is 0 Å². The summed E-state index contributed by atoms with van der Waals surface area (Å²) in [5.74, 6) is 0.320. The molecule has 170 valence electrons. The quantitative estimate of drug-likeness (QED) is 0.691. The summed E-state index contributed by atoms with van der Waals surface area (Å²) in [6.45, 7) is 7.38. The van der Waals surface area contributed by atoms with Gasteiger partial charge in [0.25, 0.3) is 5.56 Å². The highest BCUT2D eigenvalue weighted by atomic mass is 16.5. The predicted octanol–water partition coefficient (Wildman–Crippen LogP) is 1.80. The van der Waals surface area contributed by atoms with Crippen molar-refractivity contribution in [2.24, 2.45) is 17.8 Å². The zero-order valence-electron chi connectivity index (χ0n) is 18.6. The van der Waals surface area contributed by atoms with Crippen molar-refractivity contribution in [2.45, 2.75) is 51.7 Å². The minimum atomic E-state index is -0.367. The van der Waals surface area contributed by atoms with Gasteiger partial charge in [0.15, 0.2) is 0 Å². The summed E-state index contributed by atoms with van der Waals surface area (Å²) in [6.07, 6.45) is 6.55. The Morgan fingerprint density at radius 1 is 1.32 bits per heavy atom. The Morgan fingerprint density at radius 3 is 2.77 bits per heavy atom. The smallest absolute Gasteiger partial charge is 0.258 e. The summed E-state index contributed by atoms with van der Waals surface area (Å²) < 4.78 is 7.40. The van der Waals surface area contributed by atoms with Gasteiger partial charge in [-0.15, -0.1) is 0 Å². The van der Waals surface area contributed by atoms with Crippen LogP contribution in [-0.2, 0) is 16.1 Å². The minimum Gasteiger partial charge on any atom is -0.396 e. The first-order chi connectivity index (χ1) is 15.1. The van der Waals surface area contributed by atoms with Gasteiger partial charge in [-0.3, -0.25) is 14.5 Å². The number of hydrogen-bond donors (Lipinski definition) is 2. The van der Waals surface area contributed by atoms with Crippen LogP contribution in [0.15, 0.2) is 23.0 Å². The summed E-state index contributed by atoms with van der Waals surface area (Å²) in [6, 6.07) is 3.54. The number of carbonyl (C=O) groups is 1. The third-order valence-corrected chi connectivity index (χ3v) is 7.19. The van der Waals surface area contributed by atoms with Gasteiger partial charge in [-0.1, -0.05) is 19.1 Å². The molecule has 3 aliphatic heterocycles. The molecule has 0 radical (unpaired) electrons. The Kier molecular flexibility index (Phi) is 6.94. The number of pyridine rings is 1. The number of nitrogens with one attached hydrogen (secondary N) is 1. The van der Waals surface area contributed by atoms with E-state index >= 15 is 0 Å². The average molecular weight is 430 g/mol. The molecule has 0 spiro atoms. The lowest BCUT2D eigenvalue weighted by molar-refractivity contribution is -0.128. The zero-order valence-corrected chi connectivity index (χ0v) is 18.6. The van der Waals surface area contributed by atoms with Crippen LogP contribution in [0.3, 0.4) is 0 Å². The van der Waals surface area contributed by atoms with E-state index in [1.54, 1.807) is 0 Å². The third-order valence-electron chi connectivity index (χ3n) is 7.19. The van der Waals surface area contributed by atoms with E-state index < -0.39 is 0 Å². The topological polar surface area (TPSA) is 83.8 Å². The van der Waals surface area contributed by atoms with Crippen LogP contribution in [-0.4, -0.2) is 59.4 Å². The van der Waals surface area contributed by atoms with Gasteiger partial charge in [-0.05, 0) is 44.2 Å². The van der Waals surface area contributed by atoms with Crippen LogP contribution in [0.25, 0.3) is 6.08 Å². The Balaban J connectivity index is 1.71. The van der Waals surface area contributed by atoms with Gasteiger partial charge in [0.05, 0.1) is 12.1 Å². The van der Waals surface area contributed by atoms with Gasteiger partial charge in [0.1, 0.15) is 0 Å². The number of nitrogens with zero attached hydrogens (tertiary/aromatic N) is 2. The van der Waals surface area contributed by atoms with E-state index in [0.717, 1.165) is 44.7 Å². The number of allylic oxidation sites excluding steroid dienone is 1. The predicted molar refractivity (Wildman–Crippen MR) is 120 cm³/mol. The number of aliphatic hydroxyl groups excluding tert-OH is 1. The highest BCUT2D eigenvalue weighted by Crippen LogP contribution is 2.49. The average Bonchev–Trinajstić information content (AvgIpc) is 3.30. The van der Waals surface area contributed by atoms with E-state index in [1.165, 1.54) is 0 Å². The number of fused-ring (bicyclic) bond motifs is 3. The second-order valence-electron chi connectivity index (χ2n) is 9.07. The largest absolute Gasteiger partial charge is 0.396 e. The van der Waals surface area contributed by atoms with E-state index in [1.807, 2.05) is 42.7 Å². The number of ether oxygens (including phenoxy) is 1. The van der Waals surface area contributed by atoms with E-state index in [4.69, 9.17) is 4.74 Å². The lowest BCUT2D eigenvalue weighted by atomic mass is 9.88. The molecule has 1 aromatic rings. The maximum Gasteiger partial charge on any atom is 0.258 e. The summed E-state index contributed by atoms with van der Waals surface area (Å²) in [4.78, 5) is 28.6. The monoisotopic (exact) mass is 429 g/mol. The number of rotatable bonds is 7. The van der Waals surface area contributed by atoms with Crippen LogP contribution in [0.1, 0.15) is 50.4 Å².